The minimum absolute atomic E-state index is 0.481. The number of benzene rings is 1. The van der Waals surface area contributed by atoms with Crippen LogP contribution in [0.3, 0.4) is 0 Å². The number of hydrogen-bond acceptors (Lipinski definition) is 3. The van der Waals surface area contributed by atoms with Crippen LogP contribution in [0, 0.1) is 0 Å². The van der Waals surface area contributed by atoms with Gasteiger partial charge < -0.3 is 4.52 Å². The molecule has 1 atom stereocenters. The molecule has 1 rings (SSSR count). The molecule has 1 aromatic rings. The second-order valence-corrected chi connectivity index (χ2v) is 7.24. The van der Waals surface area contributed by atoms with E-state index in [1.807, 2.05) is 0 Å². The molecule has 18 heteroatoms. The van der Waals surface area contributed by atoms with Crippen molar-refractivity contribution in [2.24, 2.45) is 5.50 Å². The van der Waals surface area contributed by atoms with Crippen LogP contribution in [0.15, 0.2) is 30.3 Å². The van der Waals surface area contributed by atoms with Crippen LogP contribution in [0.2, 0.25) is 0 Å². The highest BCUT2D eigenvalue weighted by atomic mass is 31.2. The van der Waals surface area contributed by atoms with Crippen molar-refractivity contribution in [3.8, 4) is 5.75 Å². The molecule has 180 valence electrons. The third-order valence-electron chi connectivity index (χ3n) is 3.40. The van der Waals surface area contributed by atoms with E-state index < -0.39 is 55.9 Å². The average molecular weight is 505 g/mol. The molecule has 1 aromatic carbocycles. The maximum atomic E-state index is 13.5. The lowest BCUT2D eigenvalue weighted by Crippen LogP contribution is -2.70. The van der Waals surface area contributed by atoms with Gasteiger partial charge in [0.25, 0.3) is 0 Å². The number of nitrogens with two attached hydrogens (primary N) is 1. The molecule has 4 nitrogen and oxygen atoms in total. The third-order valence-corrected chi connectivity index (χ3v) is 4.35. The zero-order valence-corrected chi connectivity index (χ0v) is 15.2. The highest BCUT2D eigenvalue weighted by Crippen LogP contribution is 2.60. The molecule has 0 aliphatic heterocycles. The summed E-state index contributed by atoms with van der Waals surface area (Å²) in [7, 11) is -5.31. The molecular formula is C13H9F13NO3P. The van der Waals surface area contributed by atoms with Gasteiger partial charge in [0.1, 0.15) is 12.4 Å². The van der Waals surface area contributed by atoms with Crippen molar-refractivity contribution >= 4 is 7.75 Å². The Morgan fingerprint density at radius 3 is 1.55 bits per heavy atom. The Morgan fingerprint density at radius 2 is 1.13 bits per heavy atom. The molecule has 31 heavy (non-hydrogen) atoms. The van der Waals surface area contributed by atoms with Gasteiger partial charge in [0, 0.05) is 0 Å². The van der Waals surface area contributed by atoms with Crippen molar-refractivity contribution < 1.29 is 70.7 Å². The number of hydrogen-bond donors (Lipinski definition) is 1. The summed E-state index contributed by atoms with van der Waals surface area (Å²) in [5.74, 6) is -38.5. The van der Waals surface area contributed by atoms with Crippen LogP contribution in [-0.2, 0) is 9.09 Å². The van der Waals surface area contributed by atoms with Crippen molar-refractivity contribution in [1.29, 1.82) is 0 Å². The van der Waals surface area contributed by atoms with Gasteiger partial charge in [-0.2, -0.15) is 57.1 Å². The molecule has 0 bridgehead atoms. The minimum Gasteiger partial charge on any atom is -0.413 e. The van der Waals surface area contributed by atoms with Gasteiger partial charge >= 0.3 is 43.5 Å². The first-order valence-electron chi connectivity index (χ1n) is 7.27. The van der Waals surface area contributed by atoms with Crippen molar-refractivity contribution in [1.82, 2.24) is 0 Å². The van der Waals surface area contributed by atoms with E-state index in [0.29, 0.717) is 0 Å². The van der Waals surface area contributed by atoms with Gasteiger partial charge in [0.15, 0.2) is 0 Å². The summed E-state index contributed by atoms with van der Waals surface area (Å²) < 4.78 is 188. The van der Waals surface area contributed by atoms with E-state index in [9.17, 15) is 61.6 Å². The van der Waals surface area contributed by atoms with Crippen LogP contribution in [0.4, 0.5) is 57.1 Å². The van der Waals surface area contributed by atoms with Gasteiger partial charge in [0.05, 0.1) is 0 Å². The summed E-state index contributed by atoms with van der Waals surface area (Å²) in [5.41, 5.74) is 4.75. The number of rotatable bonds is 9. The van der Waals surface area contributed by atoms with Crippen molar-refractivity contribution in [2.45, 2.75) is 35.8 Å². The Labute approximate surface area is 163 Å². The number of halogens is 13. The maximum absolute atomic E-state index is 13.5. The van der Waals surface area contributed by atoms with E-state index >= 15 is 0 Å². The smallest absolute Gasteiger partial charge is 0.413 e. The van der Waals surface area contributed by atoms with Crippen LogP contribution in [0.1, 0.15) is 0 Å². The molecule has 0 saturated carbocycles. The highest BCUT2D eigenvalue weighted by Gasteiger charge is 2.90. The summed E-state index contributed by atoms with van der Waals surface area (Å²) >= 11 is 0. The topological polar surface area (TPSA) is 61.6 Å². The standard InChI is InChI=1S/C13H9F13NO3P/c14-8(15,6-29-31(27,28)30-7-4-2-1-3-5-7)9(16,17)10(18,19)11(20,21)12(22,23)13(24,25)26/h1-5H,6H2,(H2,27,28)/t31-/m0/s1. The zero-order valence-electron chi connectivity index (χ0n) is 14.3. The summed E-state index contributed by atoms with van der Waals surface area (Å²) in [4.78, 5) is 0. The molecular weight excluding hydrogens is 496 g/mol. The Hall–Kier alpha value is -1.74. The predicted molar refractivity (Wildman–Crippen MR) is 75.6 cm³/mol. The lowest BCUT2D eigenvalue weighted by atomic mass is 9.94. The number of alkyl halides is 13. The minimum atomic E-state index is -8.04. The van der Waals surface area contributed by atoms with Crippen LogP contribution in [0.25, 0.3) is 0 Å². The maximum Gasteiger partial charge on any atom is 0.460 e. The Kier molecular flexibility index (Phi) is 7.04. The first kappa shape index (κ1) is 27.3. The predicted octanol–water partition coefficient (Wildman–Crippen LogP) is 5.89. The van der Waals surface area contributed by atoms with E-state index in [-0.39, 0.29) is 0 Å². The summed E-state index contributed by atoms with van der Waals surface area (Å²) in [6, 6.07) is 5.69. The Morgan fingerprint density at radius 1 is 0.710 bits per heavy atom. The molecule has 2 N–H and O–H groups in total. The van der Waals surface area contributed by atoms with Crippen molar-refractivity contribution in [2.75, 3.05) is 6.61 Å². The first-order valence-corrected chi connectivity index (χ1v) is 8.88. The van der Waals surface area contributed by atoms with E-state index in [4.69, 9.17) is 5.50 Å². The molecule has 0 heterocycles. The lowest BCUT2D eigenvalue weighted by Gasteiger charge is -2.39. The van der Waals surface area contributed by atoms with E-state index in [2.05, 4.69) is 9.05 Å². The molecule has 0 radical (unpaired) electrons. The van der Waals surface area contributed by atoms with Gasteiger partial charge in [0.2, 0.25) is 0 Å². The lowest BCUT2D eigenvalue weighted by molar-refractivity contribution is -0.440. The van der Waals surface area contributed by atoms with Crippen LogP contribution in [-0.4, -0.2) is 42.4 Å². The molecule has 0 saturated heterocycles. The monoisotopic (exact) mass is 505 g/mol. The van der Waals surface area contributed by atoms with Crippen LogP contribution < -0.4 is 10.0 Å². The summed E-state index contributed by atoms with van der Waals surface area (Å²) in [5, 5.41) is 0. The number of para-hydroxylation sites is 1. The molecule has 0 fully saturated rings. The largest absolute Gasteiger partial charge is 0.460 e. The quantitative estimate of drug-likeness (QED) is 0.336. The molecule has 0 aromatic heterocycles. The Balaban J connectivity index is 3.18. The van der Waals surface area contributed by atoms with E-state index in [0.717, 1.165) is 12.1 Å². The zero-order chi connectivity index (χ0) is 24.7. The molecule has 0 amide bonds. The second-order valence-electron chi connectivity index (χ2n) is 5.72. The van der Waals surface area contributed by atoms with E-state index in [1.54, 1.807) is 0 Å². The normalized spacial score (nSPS) is 16.7. The second kappa shape index (κ2) is 7.99. The van der Waals surface area contributed by atoms with Gasteiger partial charge in [-0.3, -0.25) is 4.52 Å². The fourth-order valence-electron chi connectivity index (χ4n) is 1.72. The molecule has 0 aliphatic rings. The van der Waals surface area contributed by atoms with Gasteiger partial charge in [-0.15, -0.1) is 0 Å². The SMILES string of the molecule is N[P@](=O)(OCC(F)(F)C(F)(F)C(F)(F)C(F)(F)C(F)(F)C(F)(F)F)Oc1ccccc1. The van der Waals surface area contributed by atoms with E-state index in [1.165, 1.54) is 18.2 Å². The average Bonchev–Trinajstić information content (AvgIpc) is 2.59. The van der Waals surface area contributed by atoms with Gasteiger partial charge in [-0.1, -0.05) is 18.2 Å². The Bertz CT molecular complexity index is 813. The molecule has 0 aliphatic carbocycles. The van der Waals surface area contributed by atoms with Crippen LogP contribution >= 0.6 is 7.75 Å². The fourth-order valence-corrected chi connectivity index (χ4v) is 2.53. The van der Waals surface area contributed by atoms with Crippen LogP contribution in [0.5, 0.6) is 5.75 Å². The summed E-state index contributed by atoms with van der Waals surface area (Å²) in [6.07, 6.45) is -7.52. The first-order chi connectivity index (χ1) is 13.5. The highest BCUT2D eigenvalue weighted by molar-refractivity contribution is 7.51. The van der Waals surface area contributed by atoms with Crippen molar-refractivity contribution in [3.05, 3.63) is 30.3 Å². The third kappa shape index (κ3) is 4.87. The fraction of sp³-hybridized carbons (Fsp3) is 0.538. The molecule has 0 spiro atoms. The molecule has 0 unspecified atom stereocenters. The summed E-state index contributed by atoms with van der Waals surface area (Å²) in [6.45, 7) is -3.19. The van der Waals surface area contributed by atoms with Gasteiger partial charge in [-0.25, -0.2) is 10.1 Å². The van der Waals surface area contributed by atoms with Gasteiger partial charge in [-0.05, 0) is 12.1 Å². The van der Waals surface area contributed by atoms with Crippen molar-refractivity contribution in [3.63, 3.8) is 0 Å².